The van der Waals surface area contributed by atoms with Crippen LogP contribution >= 0.6 is 0 Å². The number of nitrogens with two attached hydrogens (primary N) is 1. The number of rotatable bonds is 5. The molecule has 3 N–H and O–H groups in total. The highest BCUT2D eigenvalue weighted by Crippen LogP contribution is 2.16. The minimum Gasteiger partial charge on any atom is -0.399 e. The van der Waals surface area contributed by atoms with E-state index >= 15 is 0 Å². The molecule has 1 aliphatic heterocycles. The Morgan fingerprint density at radius 2 is 2.05 bits per heavy atom. The van der Waals surface area contributed by atoms with Gasteiger partial charge in [-0.05, 0) is 30.7 Å². The van der Waals surface area contributed by atoms with Gasteiger partial charge in [0, 0.05) is 31.9 Å². The number of nitrogen functional groups attached to an aromatic ring is 1. The van der Waals surface area contributed by atoms with Gasteiger partial charge >= 0.3 is 0 Å². The number of morpholine rings is 1. The van der Waals surface area contributed by atoms with E-state index in [1.54, 1.807) is 19.1 Å². The Labute approximate surface area is 120 Å². The topological polar surface area (TPSA) is 84.7 Å². The average molecular weight is 299 g/mol. The number of ether oxygens (including phenoxy) is 1. The SMILES string of the molecule is Cc1cc(S(=O)(=O)NCCN2CCOCC2)ccc1N. The molecule has 1 fully saturated rings. The third kappa shape index (κ3) is 3.92. The van der Waals surface area contributed by atoms with Crippen LogP contribution in [0.25, 0.3) is 0 Å². The van der Waals surface area contributed by atoms with Gasteiger partial charge in [0.05, 0.1) is 18.1 Å². The quantitative estimate of drug-likeness (QED) is 0.758. The van der Waals surface area contributed by atoms with E-state index in [0.29, 0.717) is 32.0 Å². The molecular formula is C13H21N3O3S. The Morgan fingerprint density at radius 3 is 2.70 bits per heavy atom. The highest BCUT2D eigenvalue weighted by atomic mass is 32.2. The highest BCUT2D eigenvalue weighted by Gasteiger charge is 2.16. The summed E-state index contributed by atoms with van der Waals surface area (Å²) in [7, 11) is -3.46. The number of sulfonamides is 1. The molecule has 1 aliphatic rings. The molecule has 0 spiro atoms. The zero-order valence-electron chi connectivity index (χ0n) is 11.6. The maximum Gasteiger partial charge on any atom is 0.240 e. The molecule has 0 atom stereocenters. The predicted molar refractivity (Wildman–Crippen MR) is 78.0 cm³/mol. The maximum atomic E-state index is 12.1. The van der Waals surface area contributed by atoms with Crippen LogP contribution in [0.5, 0.6) is 0 Å². The molecule has 0 bridgehead atoms. The van der Waals surface area contributed by atoms with Crippen molar-refractivity contribution in [3.63, 3.8) is 0 Å². The van der Waals surface area contributed by atoms with Crippen LogP contribution in [-0.4, -0.2) is 52.7 Å². The smallest absolute Gasteiger partial charge is 0.240 e. The van der Waals surface area contributed by atoms with Crippen molar-refractivity contribution in [1.29, 1.82) is 0 Å². The van der Waals surface area contributed by atoms with Crippen molar-refractivity contribution in [3.05, 3.63) is 23.8 Å². The van der Waals surface area contributed by atoms with Crippen molar-refractivity contribution in [1.82, 2.24) is 9.62 Å². The van der Waals surface area contributed by atoms with Crippen molar-refractivity contribution in [3.8, 4) is 0 Å². The Bertz CT molecular complexity index is 554. The number of benzene rings is 1. The summed E-state index contributed by atoms with van der Waals surface area (Å²) < 4.78 is 32.2. The predicted octanol–water partition coefficient (Wildman–Crippen LogP) is 0.188. The molecule has 1 aromatic carbocycles. The van der Waals surface area contributed by atoms with Crippen LogP contribution in [0.1, 0.15) is 5.56 Å². The Hall–Kier alpha value is -1.15. The van der Waals surface area contributed by atoms with Gasteiger partial charge in [0.25, 0.3) is 0 Å². The lowest BCUT2D eigenvalue weighted by Gasteiger charge is -2.26. The Balaban J connectivity index is 1.91. The van der Waals surface area contributed by atoms with Crippen LogP contribution in [-0.2, 0) is 14.8 Å². The van der Waals surface area contributed by atoms with Gasteiger partial charge in [-0.3, -0.25) is 4.90 Å². The lowest BCUT2D eigenvalue weighted by Crippen LogP contribution is -2.41. The molecule has 0 aliphatic carbocycles. The molecule has 0 unspecified atom stereocenters. The van der Waals surface area contributed by atoms with Crippen LogP contribution in [0.2, 0.25) is 0 Å². The molecule has 0 aromatic heterocycles. The summed E-state index contributed by atoms with van der Waals surface area (Å²) in [5.41, 5.74) is 7.06. The van der Waals surface area contributed by atoms with Gasteiger partial charge in [-0.2, -0.15) is 0 Å². The fourth-order valence-electron chi connectivity index (χ4n) is 2.06. The van der Waals surface area contributed by atoms with Crippen LogP contribution in [0.3, 0.4) is 0 Å². The molecular weight excluding hydrogens is 278 g/mol. The van der Waals surface area contributed by atoms with Crippen molar-refractivity contribution in [2.45, 2.75) is 11.8 Å². The molecule has 1 saturated heterocycles. The summed E-state index contributed by atoms with van der Waals surface area (Å²) >= 11 is 0. The summed E-state index contributed by atoms with van der Waals surface area (Å²) in [6, 6.07) is 4.73. The minimum atomic E-state index is -3.46. The second-order valence-corrected chi connectivity index (χ2v) is 6.64. The van der Waals surface area contributed by atoms with Gasteiger partial charge in [-0.1, -0.05) is 0 Å². The van der Waals surface area contributed by atoms with Crippen LogP contribution in [0.4, 0.5) is 5.69 Å². The van der Waals surface area contributed by atoms with Crippen LogP contribution < -0.4 is 10.5 Å². The van der Waals surface area contributed by atoms with E-state index in [0.717, 1.165) is 18.7 Å². The Kier molecular flexibility index (Phi) is 4.98. The minimum absolute atomic E-state index is 0.256. The number of hydrogen-bond donors (Lipinski definition) is 2. The summed E-state index contributed by atoms with van der Waals surface area (Å²) in [6.07, 6.45) is 0. The first-order chi connectivity index (χ1) is 9.49. The van der Waals surface area contributed by atoms with Gasteiger partial charge in [0.2, 0.25) is 10.0 Å². The van der Waals surface area contributed by atoms with E-state index in [9.17, 15) is 8.42 Å². The van der Waals surface area contributed by atoms with Crippen molar-refractivity contribution in [2.24, 2.45) is 0 Å². The third-order valence-electron chi connectivity index (χ3n) is 3.38. The molecule has 112 valence electrons. The fraction of sp³-hybridized carbons (Fsp3) is 0.538. The zero-order valence-corrected chi connectivity index (χ0v) is 12.4. The molecule has 7 heteroatoms. The number of anilines is 1. The van der Waals surface area contributed by atoms with Crippen LogP contribution in [0.15, 0.2) is 23.1 Å². The van der Waals surface area contributed by atoms with E-state index < -0.39 is 10.0 Å². The average Bonchev–Trinajstić information content (AvgIpc) is 2.43. The van der Waals surface area contributed by atoms with E-state index in [4.69, 9.17) is 10.5 Å². The monoisotopic (exact) mass is 299 g/mol. The van der Waals surface area contributed by atoms with Crippen molar-refractivity contribution < 1.29 is 13.2 Å². The summed E-state index contributed by atoms with van der Waals surface area (Å²) in [5, 5.41) is 0. The highest BCUT2D eigenvalue weighted by molar-refractivity contribution is 7.89. The third-order valence-corrected chi connectivity index (χ3v) is 4.83. The number of hydrogen-bond acceptors (Lipinski definition) is 5. The van der Waals surface area contributed by atoms with E-state index in [2.05, 4.69) is 9.62 Å². The lowest BCUT2D eigenvalue weighted by atomic mass is 10.2. The summed E-state index contributed by atoms with van der Waals surface area (Å²) in [4.78, 5) is 2.44. The van der Waals surface area contributed by atoms with Crippen LogP contribution in [0, 0.1) is 6.92 Å². The zero-order chi connectivity index (χ0) is 14.6. The summed E-state index contributed by atoms with van der Waals surface area (Å²) in [5.74, 6) is 0. The van der Waals surface area contributed by atoms with Gasteiger partial charge in [-0.25, -0.2) is 13.1 Å². The molecule has 2 rings (SSSR count). The standard InChI is InChI=1S/C13H21N3O3S/c1-11-10-12(2-3-13(11)14)20(17,18)15-4-5-16-6-8-19-9-7-16/h2-3,10,15H,4-9,14H2,1H3. The first-order valence-corrected chi connectivity index (χ1v) is 8.13. The molecule has 0 amide bonds. The second-order valence-electron chi connectivity index (χ2n) is 4.87. The molecule has 0 radical (unpaired) electrons. The van der Waals surface area contributed by atoms with E-state index in [1.807, 2.05) is 0 Å². The maximum absolute atomic E-state index is 12.1. The second kappa shape index (κ2) is 6.53. The number of nitrogens with zero attached hydrogens (tertiary/aromatic N) is 1. The molecule has 6 nitrogen and oxygen atoms in total. The fourth-order valence-corrected chi connectivity index (χ4v) is 3.17. The molecule has 1 aromatic rings. The lowest BCUT2D eigenvalue weighted by molar-refractivity contribution is 0.0390. The first kappa shape index (κ1) is 15.2. The normalized spacial score (nSPS) is 17.2. The molecule has 20 heavy (non-hydrogen) atoms. The van der Waals surface area contributed by atoms with Crippen molar-refractivity contribution >= 4 is 15.7 Å². The Morgan fingerprint density at radius 1 is 1.35 bits per heavy atom. The first-order valence-electron chi connectivity index (χ1n) is 6.65. The van der Waals surface area contributed by atoms with Crippen molar-refractivity contribution in [2.75, 3.05) is 45.1 Å². The molecule has 0 saturated carbocycles. The van der Waals surface area contributed by atoms with Gasteiger partial charge in [0.15, 0.2) is 0 Å². The van der Waals surface area contributed by atoms with Gasteiger partial charge in [0.1, 0.15) is 0 Å². The summed E-state index contributed by atoms with van der Waals surface area (Å²) in [6.45, 7) is 6.00. The molecule has 1 heterocycles. The number of aryl methyl sites for hydroxylation is 1. The van der Waals surface area contributed by atoms with E-state index in [-0.39, 0.29) is 4.90 Å². The largest absolute Gasteiger partial charge is 0.399 e. The van der Waals surface area contributed by atoms with Gasteiger partial charge in [-0.15, -0.1) is 0 Å². The number of nitrogens with one attached hydrogen (secondary N) is 1. The van der Waals surface area contributed by atoms with Gasteiger partial charge < -0.3 is 10.5 Å². The van der Waals surface area contributed by atoms with E-state index in [1.165, 1.54) is 6.07 Å².